The first-order valence-corrected chi connectivity index (χ1v) is 7.78. The van der Waals surface area contributed by atoms with Crippen LogP contribution in [0.2, 0.25) is 0 Å². The zero-order valence-electron chi connectivity index (χ0n) is 12.9. The van der Waals surface area contributed by atoms with Gasteiger partial charge in [0.2, 0.25) is 0 Å². The maximum atomic E-state index is 6.12. The van der Waals surface area contributed by atoms with Gasteiger partial charge in [-0.3, -0.25) is 0 Å². The third kappa shape index (κ3) is 2.38. The molecule has 0 fully saturated rings. The molecule has 0 spiro atoms. The van der Waals surface area contributed by atoms with E-state index in [2.05, 4.69) is 0 Å². The Bertz CT molecular complexity index is 881. The Hall–Kier alpha value is -0.950. The highest BCUT2D eigenvalue weighted by molar-refractivity contribution is 7.27. The maximum absolute atomic E-state index is 6.12. The molecule has 0 saturated carbocycles. The fraction of sp³-hybridized carbons (Fsp3) is 0.200. The molecule has 1 aromatic heterocycles. The summed E-state index contributed by atoms with van der Waals surface area (Å²) in [5.74, 6) is 0. The predicted octanol–water partition coefficient (Wildman–Crippen LogP) is -1.85. The molecular weight excluding hydrogens is 277 g/mol. The standard InChI is InChI=1S/C13H4B6S.C2H6/c1-3-2-4(14)7(15)5-6-8(16)9(17)10(18)11(19)13(6)20-12(3)5;1-2/h2H,1H3;1-2H3. The van der Waals surface area contributed by atoms with Crippen LogP contribution in [0.15, 0.2) is 6.07 Å². The molecule has 0 atom stereocenters. The summed E-state index contributed by atoms with van der Waals surface area (Å²) in [6.45, 7) is 5.96. The Balaban J connectivity index is 0.000000847. The van der Waals surface area contributed by atoms with Gasteiger partial charge in [0.05, 0.1) is 0 Å². The van der Waals surface area contributed by atoms with E-state index in [1.165, 1.54) is 11.3 Å². The highest BCUT2D eigenvalue weighted by Gasteiger charge is 2.16. The topological polar surface area (TPSA) is 0 Å². The van der Waals surface area contributed by atoms with Crippen molar-refractivity contribution in [2.45, 2.75) is 20.8 Å². The minimum absolute atomic E-state index is 0.286. The van der Waals surface area contributed by atoms with Gasteiger partial charge in [0.15, 0.2) is 0 Å². The number of rotatable bonds is 0. The van der Waals surface area contributed by atoms with E-state index in [0.717, 1.165) is 25.7 Å². The molecule has 2 aromatic carbocycles. The molecule has 0 nitrogen and oxygen atoms in total. The van der Waals surface area contributed by atoms with Crippen LogP contribution in [0.1, 0.15) is 19.4 Å². The zero-order valence-corrected chi connectivity index (χ0v) is 13.8. The Morgan fingerprint density at radius 2 is 1.18 bits per heavy atom. The van der Waals surface area contributed by atoms with Gasteiger partial charge in [-0.2, -0.15) is 0 Å². The van der Waals surface area contributed by atoms with Crippen molar-refractivity contribution in [3.8, 4) is 0 Å². The molecule has 0 unspecified atom stereocenters. The Morgan fingerprint density at radius 3 is 1.77 bits per heavy atom. The van der Waals surface area contributed by atoms with E-state index >= 15 is 0 Å². The summed E-state index contributed by atoms with van der Waals surface area (Å²) in [5.41, 5.74) is 3.46. The van der Waals surface area contributed by atoms with Crippen molar-refractivity contribution in [1.29, 1.82) is 0 Å². The summed E-state index contributed by atoms with van der Waals surface area (Å²) in [5, 5.41) is 1.54. The van der Waals surface area contributed by atoms with E-state index in [-0.39, 0.29) is 5.46 Å². The molecule has 94 valence electrons. The van der Waals surface area contributed by atoms with E-state index in [0.29, 0.717) is 27.3 Å². The summed E-state index contributed by atoms with van der Waals surface area (Å²) in [6, 6.07) is 1.84. The van der Waals surface area contributed by atoms with Crippen LogP contribution in [0.3, 0.4) is 0 Å². The molecule has 3 aromatic rings. The molecule has 0 aliphatic carbocycles. The third-order valence-corrected chi connectivity index (χ3v) is 4.96. The molecule has 12 radical (unpaired) electrons. The lowest BCUT2D eigenvalue weighted by Gasteiger charge is -2.14. The van der Waals surface area contributed by atoms with E-state index in [9.17, 15) is 0 Å². The van der Waals surface area contributed by atoms with Gasteiger partial charge in [0, 0.05) is 9.40 Å². The van der Waals surface area contributed by atoms with E-state index in [1.54, 1.807) is 0 Å². The fourth-order valence-corrected chi connectivity index (χ4v) is 3.75. The molecule has 0 bridgehead atoms. The van der Waals surface area contributed by atoms with E-state index in [1.807, 2.05) is 26.8 Å². The lowest BCUT2D eigenvalue weighted by atomic mass is 9.65. The van der Waals surface area contributed by atoms with Gasteiger partial charge in [0.1, 0.15) is 47.1 Å². The quantitative estimate of drug-likeness (QED) is 0.426. The lowest BCUT2D eigenvalue weighted by molar-refractivity contribution is 1.50. The normalized spacial score (nSPS) is 10.7. The highest BCUT2D eigenvalue weighted by Crippen LogP contribution is 2.31. The van der Waals surface area contributed by atoms with E-state index in [4.69, 9.17) is 47.1 Å². The second-order valence-corrected chi connectivity index (χ2v) is 5.88. The zero-order chi connectivity index (χ0) is 16.8. The van der Waals surface area contributed by atoms with Gasteiger partial charge in [-0.25, -0.2) is 0 Å². The second-order valence-electron chi connectivity index (χ2n) is 4.86. The summed E-state index contributed by atoms with van der Waals surface area (Å²) in [6.07, 6.45) is 0. The van der Waals surface area contributed by atoms with Crippen molar-refractivity contribution in [3.05, 3.63) is 11.6 Å². The monoisotopic (exact) mass is 288 g/mol. The summed E-state index contributed by atoms with van der Waals surface area (Å²) in [4.78, 5) is 0. The van der Waals surface area contributed by atoms with Gasteiger partial charge in [-0.05, 0) is 23.3 Å². The van der Waals surface area contributed by atoms with Gasteiger partial charge < -0.3 is 0 Å². The maximum Gasteiger partial charge on any atom is 0.114 e. The van der Waals surface area contributed by atoms with Gasteiger partial charge in [0.25, 0.3) is 0 Å². The van der Waals surface area contributed by atoms with Crippen molar-refractivity contribution in [2.24, 2.45) is 0 Å². The summed E-state index contributed by atoms with van der Waals surface area (Å²) >= 11 is 1.50. The van der Waals surface area contributed by atoms with Crippen molar-refractivity contribution >= 4 is 111 Å². The molecule has 3 rings (SSSR count). The number of aryl methyl sites for hydroxylation is 1. The van der Waals surface area contributed by atoms with Crippen molar-refractivity contribution in [2.75, 3.05) is 0 Å². The van der Waals surface area contributed by atoms with Crippen LogP contribution >= 0.6 is 11.3 Å². The predicted molar refractivity (Wildman–Crippen MR) is 108 cm³/mol. The molecule has 7 heteroatoms. The SMILES string of the molecule is CC.[B]c1cc(C)c2sc3c([B])c([B])c([B])c([B])c3c2c1[B]. The molecule has 0 aliphatic heterocycles. The first-order chi connectivity index (χ1) is 10.3. The van der Waals surface area contributed by atoms with Crippen LogP contribution in [0.25, 0.3) is 20.2 Å². The molecule has 1 heterocycles. The Morgan fingerprint density at radius 1 is 0.682 bits per heavy atom. The number of hydrogen-bond donors (Lipinski definition) is 0. The number of thiophene rings is 1. The summed E-state index contributed by atoms with van der Waals surface area (Å²) in [7, 11) is 36.1. The average Bonchev–Trinajstić information content (AvgIpc) is 2.92. The first kappa shape index (κ1) is 17.4. The first-order valence-electron chi connectivity index (χ1n) is 6.97. The van der Waals surface area contributed by atoms with Crippen LogP contribution in [0.5, 0.6) is 0 Å². The highest BCUT2D eigenvalue weighted by atomic mass is 32.1. The van der Waals surface area contributed by atoms with E-state index < -0.39 is 0 Å². The van der Waals surface area contributed by atoms with Crippen LogP contribution in [0, 0.1) is 6.92 Å². The average molecular weight is 287 g/mol. The Kier molecular flexibility index (Phi) is 4.96. The molecule has 0 amide bonds. The van der Waals surface area contributed by atoms with Crippen LogP contribution in [-0.2, 0) is 0 Å². The fourth-order valence-electron chi connectivity index (χ4n) is 2.48. The van der Waals surface area contributed by atoms with Crippen molar-refractivity contribution in [3.63, 3.8) is 0 Å². The molecule has 22 heavy (non-hydrogen) atoms. The number of benzene rings is 2. The largest absolute Gasteiger partial charge is 0.136 e. The summed E-state index contributed by atoms with van der Waals surface area (Å²) < 4.78 is 1.79. The van der Waals surface area contributed by atoms with Crippen LogP contribution in [-0.4, -0.2) is 47.1 Å². The Labute approximate surface area is 143 Å². The molecule has 0 saturated heterocycles. The van der Waals surface area contributed by atoms with Crippen LogP contribution < -0.4 is 32.8 Å². The molecule has 0 N–H and O–H groups in total. The lowest BCUT2D eigenvalue weighted by Crippen LogP contribution is -2.47. The number of fused-ring (bicyclic) bond motifs is 3. The molecular formula is C15H10B6S. The minimum atomic E-state index is 0.286. The molecule has 0 aliphatic rings. The minimum Gasteiger partial charge on any atom is -0.136 e. The van der Waals surface area contributed by atoms with Gasteiger partial charge in [-0.15, -0.1) is 27.7 Å². The van der Waals surface area contributed by atoms with Gasteiger partial charge >= 0.3 is 0 Å². The third-order valence-electron chi connectivity index (χ3n) is 3.60. The van der Waals surface area contributed by atoms with Crippen molar-refractivity contribution < 1.29 is 0 Å². The smallest absolute Gasteiger partial charge is 0.114 e. The van der Waals surface area contributed by atoms with Crippen molar-refractivity contribution in [1.82, 2.24) is 0 Å². The van der Waals surface area contributed by atoms with Crippen LogP contribution in [0.4, 0.5) is 0 Å². The number of hydrogen-bond acceptors (Lipinski definition) is 1. The van der Waals surface area contributed by atoms with Gasteiger partial charge in [-0.1, -0.05) is 36.3 Å². The second kappa shape index (κ2) is 6.28.